The van der Waals surface area contributed by atoms with Crippen molar-refractivity contribution in [1.82, 2.24) is 0 Å². The van der Waals surface area contributed by atoms with Gasteiger partial charge >= 0.3 is 0 Å². The summed E-state index contributed by atoms with van der Waals surface area (Å²) in [6, 6.07) is 0. The SMILES string of the molecule is CCCCCCC[CH]O. The molecule has 0 spiro atoms. The highest BCUT2D eigenvalue weighted by atomic mass is 16.2. The third kappa shape index (κ3) is 7.96. The molecule has 0 rings (SSSR count). The molecule has 0 saturated carbocycles. The first kappa shape index (κ1) is 8.96. The maximum absolute atomic E-state index is 8.30. The van der Waals surface area contributed by atoms with Crippen LogP contribution in [0.15, 0.2) is 0 Å². The van der Waals surface area contributed by atoms with E-state index in [4.69, 9.17) is 5.11 Å². The number of hydrogen-bond acceptors (Lipinski definition) is 1. The first-order chi connectivity index (χ1) is 4.41. The van der Waals surface area contributed by atoms with E-state index in [9.17, 15) is 0 Å². The zero-order chi connectivity index (χ0) is 6.95. The molecule has 0 heterocycles. The molecule has 0 aliphatic rings. The van der Waals surface area contributed by atoms with Gasteiger partial charge in [0.05, 0.1) is 6.61 Å². The molecule has 9 heavy (non-hydrogen) atoms. The molecule has 1 N–H and O–H groups in total. The fourth-order valence-corrected chi connectivity index (χ4v) is 0.839. The Morgan fingerprint density at radius 3 is 2.33 bits per heavy atom. The lowest BCUT2D eigenvalue weighted by molar-refractivity contribution is 0.367. The van der Waals surface area contributed by atoms with Crippen LogP contribution in [0.4, 0.5) is 0 Å². The summed E-state index contributed by atoms with van der Waals surface area (Å²) in [6.07, 6.45) is 7.24. The van der Waals surface area contributed by atoms with Gasteiger partial charge in [0.1, 0.15) is 0 Å². The van der Waals surface area contributed by atoms with E-state index >= 15 is 0 Å². The van der Waals surface area contributed by atoms with Gasteiger partial charge in [0.15, 0.2) is 0 Å². The molecule has 0 aromatic heterocycles. The summed E-state index contributed by atoms with van der Waals surface area (Å²) in [7, 11) is 0. The second-order valence-electron chi connectivity index (χ2n) is 2.39. The van der Waals surface area contributed by atoms with Crippen LogP contribution < -0.4 is 0 Å². The van der Waals surface area contributed by atoms with Gasteiger partial charge in [-0.1, -0.05) is 39.0 Å². The molecule has 0 fully saturated rings. The van der Waals surface area contributed by atoms with Gasteiger partial charge in [-0.25, -0.2) is 0 Å². The van der Waals surface area contributed by atoms with Crippen LogP contribution in [0.1, 0.15) is 45.4 Å². The molecular formula is C8H17O. The quantitative estimate of drug-likeness (QED) is 0.547. The van der Waals surface area contributed by atoms with Crippen molar-refractivity contribution in [3.8, 4) is 0 Å². The molecule has 1 nitrogen and oxygen atoms in total. The van der Waals surface area contributed by atoms with Crippen LogP contribution >= 0.6 is 0 Å². The number of hydrogen-bond donors (Lipinski definition) is 1. The minimum Gasteiger partial charge on any atom is -0.390 e. The molecule has 0 aliphatic carbocycles. The standard InChI is InChI=1S/C8H17O/c1-2-3-4-5-6-7-8-9/h8-9H,2-7H2,1H3. The van der Waals surface area contributed by atoms with Crippen molar-refractivity contribution in [1.29, 1.82) is 0 Å². The normalized spacial score (nSPS) is 10.0. The summed E-state index contributed by atoms with van der Waals surface area (Å²) < 4.78 is 0. The van der Waals surface area contributed by atoms with Crippen LogP contribution in [0, 0.1) is 6.61 Å². The van der Waals surface area contributed by atoms with E-state index in [0.29, 0.717) is 0 Å². The Morgan fingerprint density at radius 1 is 1.11 bits per heavy atom. The smallest absolute Gasteiger partial charge is 0.0799 e. The Bertz CT molecular complexity index is 37.8. The Kier molecular flexibility index (Phi) is 7.92. The first-order valence-electron chi connectivity index (χ1n) is 3.87. The zero-order valence-electron chi connectivity index (χ0n) is 6.27. The van der Waals surface area contributed by atoms with Crippen molar-refractivity contribution < 1.29 is 5.11 Å². The molecule has 1 heteroatoms. The fourth-order valence-electron chi connectivity index (χ4n) is 0.839. The summed E-state index contributed by atoms with van der Waals surface area (Å²) in [5.74, 6) is 0. The van der Waals surface area contributed by atoms with Crippen LogP contribution in [-0.2, 0) is 0 Å². The van der Waals surface area contributed by atoms with Gasteiger partial charge in [0.2, 0.25) is 0 Å². The Balaban J connectivity index is 2.60. The highest BCUT2D eigenvalue weighted by molar-refractivity contribution is 4.48. The van der Waals surface area contributed by atoms with Crippen molar-refractivity contribution in [3.63, 3.8) is 0 Å². The second-order valence-corrected chi connectivity index (χ2v) is 2.39. The molecule has 55 valence electrons. The largest absolute Gasteiger partial charge is 0.390 e. The lowest BCUT2D eigenvalue weighted by Crippen LogP contribution is -1.78. The number of aliphatic hydroxyl groups is 1. The average Bonchev–Trinajstić information content (AvgIpc) is 1.89. The van der Waals surface area contributed by atoms with Crippen molar-refractivity contribution in [3.05, 3.63) is 6.61 Å². The van der Waals surface area contributed by atoms with E-state index in [0.717, 1.165) is 12.8 Å². The van der Waals surface area contributed by atoms with Crippen LogP contribution in [0.3, 0.4) is 0 Å². The van der Waals surface area contributed by atoms with Gasteiger partial charge in [-0.15, -0.1) is 0 Å². The highest BCUT2D eigenvalue weighted by Gasteiger charge is 1.86. The summed E-state index contributed by atoms with van der Waals surface area (Å²) >= 11 is 0. The Hall–Kier alpha value is -0.0400. The maximum atomic E-state index is 8.30. The third-order valence-electron chi connectivity index (χ3n) is 1.44. The van der Waals surface area contributed by atoms with Crippen LogP contribution in [-0.4, -0.2) is 5.11 Å². The summed E-state index contributed by atoms with van der Waals surface area (Å²) in [4.78, 5) is 0. The van der Waals surface area contributed by atoms with Gasteiger partial charge in [-0.05, 0) is 6.42 Å². The Morgan fingerprint density at radius 2 is 1.78 bits per heavy atom. The lowest BCUT2D eigenvalue weighted by atomic mass is 10.1. The minimum atomic E-state index is 0.865. The maximum Gasteiger partial charge on any atom is 0.0799 e. The molecular weight excluding hydrogens is 112 g/mol. The first-order valence-corrected chi connectivity index (χ1v) is 3.87. The molecule has 0 unspecified atom stereocenters. The van der Waals surface area contributed by atoms with Gasteiger partial charge in [0, 0.05) is 0 Å². The van der Waals surface area contributed by atoms with E-state index in [2.05, 4.69) is 6.92 Å². The van der Waals surface area contributed by atoms with Crippen LogP contribution in [0.25, 0.3) is 0 Å². The molecule has 0 aromatic rings. The number of rotatable bonds is 6. The minimum absolute atomic E-state index is 0.865. The molecule has 0 aromatic carbocycles. The molecule has 1 radical (unpaired) electrons. The summed E-state index contributed by atoms with van der Waals surface area (Å²) in [6.45, 7) is 3.46. The monoisotopic (exact) mass is 129 g/mol. The third-order valence-corrected chi connectivity index (χ3v) is 1.44. The van der Waals surface area contributed by atoms with Gasteiger partial charge in [-0.3, -0.25) is 0 Å². The molecule has 0 amide bonds. The molecule has 0 aliphatic heterocycles. The van der Waals surface area contributed by atoms with Crippen molar-refractivity contribution >= 4 is 0 Å². The highest BCUT2D eigenvalue weighted by Crippen LogP contribution is 2.04. The van der Waals surface area contributed by atoms with Crippen LogP contribution in [0.5, 0.6) is 0 Å². The van der Waals surface area contributed by atoms with E-state index < -0.39 is 0 Å². The number of unbranched alkanes of at least 4 members (excludes halogenated alkanes) is 5. The van der Waals surface area contributed by atoms with Crippen molar-refractivity contribution in [2.45, 2.75) is 45.4 Å². The van der Waals surface area contributed by atoms with Crippen molar-refractivity contribution in [2.75, 3.05) is 0 Å². The van der Waals surface area contributed by atoms with Crippen molar-refractivity contribution in [2.24, 2.45) is 0 Å². The second kappa shape index (κ2) is 7.96. The summed E-state index contributed by atoms with van der Waals surface area (Å²) in [5, 5.41) is 8.30. The molecule has 0 saturated heterocycles. The number of aliphatic hydroxyl groups excluding tert-OH is 1. The van der Waals surface area contributed by atoms with Gasteiger partial charge < -0.3 is 5.11 Å². The summed E-state index contributed by atoms with van der Waals surface area (Å²) in [5.41, 5.74) is 0. The van der Waals surface area contributed by atoms with E-state index in [1.165, 1.54) is 32.3 Å². The van der Waals surface area contributed by atoms with Gasteiger partial charge in [0.25, 0.3) is 0 Å². The molecule has 0 atom stereocenters. The molecule has 0 bridgehead atoms. The van der Waals surface area contributed by atoms with E-state index in [1.54, 1.807) is 0 Å². The predicted molar refractivity (Wildman–Crippen MR) is 39.6 cm³/mol. The van der Waals surface area contributed by atoms with E-state index in [1.807, 2.05) is 0 Å². The predicted octanol–water partition coefficient (Wildman–Crippen LogP) is 2.88. The van der Waals surface area contributed by atoms with Crippen LogP contribution in [0.2, 0.25) is 0 Å². The van der Waals surface area contributed by atoms with E-state index in [-0.39, 0.29) is 0 Å². The topological polar surface area (TPSA) is 20.2 Å². The Labute approximate surface area is 58.1 Å². The lowest BCUT2D eigenvalue weighted by Gasteiger charge is -1.95. The zero-order valence-corrected chi connectivity index (χ0v) is 6.27. The average molecular weight is 129 g/mol. The fraction of sp³-hybridized carbons (Fsp3) is 0.875. The van der Waals surface area contributed by atoms with Gasteiger partial charge in [-0.2, -0.15) is 0 Å².